The van der Waals surface area contributed by atoms with Gasteiger partial charge in [-0.1, -0.05) is 17.7 Å². The number of ether oxygens (including phenoxy) is 2. The summed E-state index contributed by atoms with van der Waals surface area (Å²) in [7, 11) is 0. The van der Waals surface area contributed by atoms with Crippen molar-refractivity contribution in [2.24, 2.45) is 0 Å². The number of aromatic nitrogens is 1. The fourth-order valence-corrected chi connectivity index (χ4v) is 2.46. The molecule has 120 valence electrons. The monoisotopic (exact) mass is 332 g/mol. The summed E-state index contributed by atoms with van der Waals surface area (Å²) < 4.78 is 10.9. The Morgan fingerprint density at radius 2 is 2.26 bits per heavy atom. The normalized spacial score (nSPS) is 17.0. The second-order valence-corrected chi connectivity index (χ2v) is 5.84. The van der Waals surface area contributed by atoms with E-state index in [1.807, 2.05) is 13.0 Å². The summed E-state index contributed by atoms with van der Waals surface area (Å²) in [5.74, 6) is 0.259. The van der Waals surface area contributed by atoms with Gasteiger partial charge in [-0.3, -0.25) is 4.79 Å². The van der Waals surface area contributed by atoms with Gasteiger partial charge in [0.05, 0.1) is 18.8 Å². The number of nitrogens with zero attached hydrogens (tertiary/aromatic N) is 1. The number of carbonyl (C=O) groups excluding carboxylic acids is 1. The maximum atomic E-state index is 12.3. The Bertz CT molecular complexity index is 697. The summed E-state index contributed by atoms with van der Waals surface area (Å²) in [6.45, 7) is 3.20. The Balaban J connectivity index is 1.66. The van der Waals surface area contributed by atoms with Crippen LogP contribution in [0.3, 0.4) is 0 Å². The molecule has 1 aliphatic heterocycles. The molecule has 2 aromatic rings. The highest BCUT2D eigenvalue weighted by atomic mass is 35.5. The first-order valence-electron chi connectivity index (χ1n) is 7.40. The molecule has 1 aromatic carbocycles. The van der Waals surface area contributed by atoms with Crippen LogP contribution in [0.2, 0.25) is 5.02 Å². The molecule has 3 rings (SSSR count). The van der Waals surface area contributed by atoms with Crippen LogP contribution in [0.1, 0.15) is 22.3 Å². The molecule has 23 heavy (non-hydrogen) atoms. The minimum absolute atomic E-state index is 0.0382. The van der Waals surface area contributed by atoms with Gasteiger partial charge in [0.25, 0.3) is 5.91 Å². The average molecular weight is 333 g/mol. The van der Waals surface area contributed by atoms with Gasteiger partial charge < -0.3 is 14.8 Å². The second kappa shape index (κ2) is 6.98. The largest absolute Gasteiger partial charge is 0.472 e. The standard InChI is InChI=1S/C17H17ClN2O3/c1-11-2-4-13(18)8-15(11)20-17(21)12-3-5-16(19-9-12)23-14-6-7-22-10-14/h2-5,8-9,14H,6-7,10H2,1H3,(H,20,21). The quantitative estimate of drug-likeness (QED) is 0.931. The molecule has 2 heterocycles. The lowest BCUT2D eigenvalue weighted by Gasteiger charge is -2.11. The molecular formula is C17H17ClN2O3. The first kappa shape index (κ1) is 15.8. The number of rotatable bonds is 4. The molecule has 1 aliphatic rings. The number of benzene rings is 1. The van der Waals surface area contributed by atoms with Crippen molar-refractivity contribution in [1.29, 1.82) is 0 Å². The van der Waals surface area contributed by atoms with Crippen LogP contribution >= 0.6 is 11.6 Å². The third-order valence-electron chi connectivity index (χ3n) is 3.62. The van der Waals surface area contributed by atoms with Crippen molar-refractivity contribution in [1.82, 2.24) is 4.98 Å². The van der Waals surface area contributed by atoms with Crippen molar-refractivity contribution in [3.8, 4) is 5.88 Å². The summed E-state index contributed by atoms with van der Waals surface area (Å²) in [6.07, 6.45) is 2.40. The first-order chi connectivity index (χ1) is 11.1. The van der Waals surface area contributed by atoms with Crippen molar-refractivity contribution in [3.05, 3.63) is 52.7 Å². The van der Waals surface area contributed by atoms with E-state index in [0.29, 0.717) is 35.4 Å². The third kappa shape index (κ3) is 4.00. The highest BCUT2D eigenvalue weighted by Crippen LogP contribution is 2.21. The van der Waals surface area contributed by atoms with E-state index in [1.165, 1.54) is 6.20 Å². The lowest BCUT2D eigenvalue weighted by Crippen LogP contribution is -2.17. The Morgan fingerprint density at radius 1 is 1.39 bits per heavy atom. The van der Waals surface area contributed by atoms with Crippen LogP contribution in [-0.2, 0) is 4.74 Å². The lowest BCUT2D eigenvalue weighted by atomic mass is 10.2. The van der Waals surface area contributed by atoms with Gasteiger partial charge >= 0.3 is 0 Å². The van der Waals surface area contributed by atoms with Crippen molar-refractivity contribution in [2.75, 3.05) is 18.5 Å². The molecular weight excluding hydrogens is 316 g/mol. The van der Waals surface area contributed by atoms with E-state index in [9.17, 15) is 4.79 Å². The van der Waals surface area contributed by atoms with Crippen molar-refractivity contribution >= 4 is 23.2 Å². The minimum Gasteiger partial charge on any atom is -0.472 e. The molecule has 0 spiro atoms. The predicted octanol–water partition coefficient (Wildman–Crippen LogP) is 3.46. The molecule has 0 bridgehead atoms. The molecule has 1 saturated heterocycles. The molecule has 1 aromatic heterocycles. The molecule has 0 aliphatic carbocycles. The number of anilines is 1. The highest BCUT2D eigenvalue weighted by Gasteiger charge is 2.18. The zero-order chi connectivity index (χ0) is 16.2. The zero-order valence-electron chi connectivity index (χ0n) is 12.7. The Kier molecular flexibility index (Phi) is 4.79. The number of pyridine rings is 1. The third-order valence-corrected chi connectivity index (χ3v) is 3.86. The van der Waals surface area contributed by atoms with E-state index < -0.39 is 0 Å². The maximum Gasteiger partial charge on any atom is 0.257 e. The minimum atomic E-state index is -0.237. The second-order valence-electron chi connectivity index (χ2n) is 5.40. The van der Waals surface area contributed by atoms with Crippen LogP contribution in [-0.4, -0.2) is 30.2 Å². The lowest BCUT2D eigenvalue weighted by molar-refractivity contribution is 0.102. The van der Waals surface area contributed by atoms with E-state index in [0.717, 1.165) is 12.0 Å². The van der Waals surface area contributed by atoms with Gasteiger partial charge in [-0.05, 0) is 30.7 Å². The van der Waals surface area contributed by atoms with Gasteiger partial charge in [-0.15, -0.1) is 0 Å². The number of aryl methyl sites for hydroxylation is 1. The van der Waals surface area contributed by atoms with Gasteiger partial charge in [-0.25, -0.2) is 4.98 Å². The number of hydrogen-bond acceptors (Lipinski definition) is 4. The summed E-state index contributed by atoms with van der Waals surface area (Å²) in [5.41, 5.74) is 2.09. The van der Waals surface area contributed by atoms with Crippen LogP contribution in [0.4, 0.5) is 5.69 Å². The van der Waals surface area contributed by atoms with E-state index in [-0.39, 0.29) is 12.0 Å². The number of amides is 1. The molecule has 1 N–H and O–H groups in total. The number of nitrogens with one attached hydrogen (secondary N) is 1. The Labute approximate surface area is 139 Å². The SMILES string of the molecule is Cc1ccc(Cl)cc1NC(=O)c1ccc(OC2CCOC2)nc1. The molecule has 1 fully saturated rings. The highest BCUT2D eigenvalue weighted by molar-refractivity contribution is 6.31. The van der Waals surface area contributed by atoms with Crippen molar-refractivity contribution in [3.63, 3.8) is 0 Å². The summed E-state index contributed by atoms with van der Waals surface area (Å²) >= 11 is 5.96. The molecule has 0 radical (unpaired) electrons. The Morgan fingerprint density at radius 3 is 2.96 bits per heavy atom. The summed E-state index contributed by atoms with van der Waals surface area (Å²) in [4.78, 5) is 16.5. The fraction of sp³-hybridized carbons (Fsp3) is 0.294. The molecule has 6 heteroatoms. The number of hydrogen-bond donors (Lipinski definition) is 1. The average Bonchev–Trinajstić information content (AvgIpc) is 3.04. The topological polar surface area (TPSA) is 60.5 Å². The number of carbonyl (C=O) groups is 1. The van der Waals surface area contributed by atoms with E-state index in [1.54, 1.807) is 24.3 Å². The fourth-order valence-electron chi connectivity index (χ4n) is 2.28. The van der Waals surface area contributed by atoms with Gasteiger partial charge in [0.15, 0.2) is 0 Å². The van der Waals surface area contributed by atoms with Gasteiger partial charge in [0, 0.05) is 29.4 Å². The van der Waals surface area contributed by atoms with E-state index >= 15 is 0 Å². The molecule has 0 saturated carbocycles. The predicted molar refractivity (Wildman–Crippen MR) is 88.2 cm³/mol. The van der Waals surface area contributed by atoms with Gasteiger partial charge in [0.2, 0.25) is 5.88 Å². The molecule has 1 unspecified atom stereocenters. The first-order valence-corrected chi connectivity index (χ1v) is 7.77. The van der Waals surface area contributed by atoms with Crippen LogP contribution in [0.15, 0.2) is 36.5 Å². The molecule has 1 atom stereocenters. The molecule has 5 nitrogen and oxygen atoms in total. The van der Waals surface area contributed by atoms with Gasteiger partial charge in [0.1, 0.15) is 6.10 Å². The van der Waals surface area contributed by atoms with Gasteiger partial charge in [-0.2, -0.15) is 0 Å². The summed E-state index contributed by atoms with van der Waals surface area (Å²) in [6, 6.07) is 8.75. The van der Waals surface area contributed by atoms with Crippen LogP contribution < -0.4 is 10.1 Å². The summed E-state index contributed by atoms with van der Waals surface area (Å²) in [5, 5.41) is 3.41. The van der Waals surface area contributed by atoms with E-state index in [4.69, 9.17) is 21.1 Å². The zero-order valence-corrected chi connectivity index (χ0v) is 13.5. The molecule has 1 amide bonds. The smallest absolute Gasteiger partial charge is 0.257 e. The van der Waals surface area contributed by atoms with Crippen molar-refractivity contribution in [2.45, 2.75) is 19.4 Å². The van der Waals surface area contributed by atoms with E-state index in [2.05, 4.69) is 10.3 Å². The Hall–Kier alpha value is -2.11. The maximum absolute atomic E-state index is 12.3. The number of halogens is 1. The van der Waals surface area contributed by atoms with Crippen molar-refractivity contribution < 1.29 is 14.3 Å². The van der Waals surface area contributed by atoms with Crippen LogP contribution in [0.5, 0.6) is 5.88 Å². The van der Waals surface area contributed by atoms with Crippen LogP contribution in [0, 0.1) is 6.92 Å². The van der Waals surface area contributed by atoms with Crippen LogP contribution in [0.25, 0.3) is 0 Å².